The number of anilines is 2. The summed E-state index contributed by atoms with van der Waals surface area (Å²) in [7, 11) is 0. The molecule has 0 unspecified atom stereocenters. The maximum absolute atomic E-state index is 13.2. The Morgan fingerprint density at radius 2 is 1.68 bits per heavy atom. The van der Waals surface area contributed by atoms with Gasteiger partial charge in [0.05, 0.1) is 5.52 Å². The maximum Gasteiger partial charge on any atom is 0.451 e. The minimum absolute atomic E-state index is 0.0245. The summed E-state index contributed by atoms with van der Waals surface area (Å²) >= 11 is 0. The van der Waals surface area contributed by atoms with E-state index in [9.17, 15) is 17.6 Å². The second kappa shape index (κ2) is 5.25. The zero-order valence-corrected chi connectivity index (χ0v) is 11.0. The Kier molecular flexibility index (Phi) is 3.40. The van der Waals surface area contributed by atoms with E-state index in [0.29, 0.717) is 11.1 Å². The summed E-state index contributed by atoms with van der Waals surface area (Å²) in [5.74, 6) is -1.77. The second-order valence-electron chi connectivity index (χ2n) is 4.55. The quantitative estimate of drug-likeness (QED) is 0.707. The third-order valence-electron chi connectivity index (χ3n) is 2.94. The van der Waals surface area contributed by atoms with E-state index in [1.165, 1.54) is 30.3 Å². The summed E-state index contributed by atoms with van der Waals surface area (Å²) in [6, 6.07) is 11.7. The molecule has 0 saturated heterocycles. The first-order valence-electron chi connectivity index (χ1n) is 6.30. The average Bonchev–Trinajstić information content (AvgIpc) is 2.46. The van der Waals surface area contributed by atoms with Gasteiger partial charge in [0.15, 0.2) is 0 Å². The fourth-order valence-corrected chi connectivity index (χ4v) is 2.00. The number of benzene rings is 2. The summed E-state index contributed by atoms with van der Waals surface area (Å²) in [4.78, 5) is 7.04. The van der Waals surface area contributed by atoms with Gasteiger partial charge in [-0.15, -0.1) is 0 Å². The molecule has 0 spiro atoms. The number of hydrogen-bond acceptors (Lipinski definition) is 3. The van der Waals surface area contributed by atoms with Crippen LogP contribution in [-0.2, 0) is 6.18 Å². The summed E-state index contributed by atoms with van der Waals surface area (Å²) < 4.78 is 51.9. The number of nitrogens with zero attached hydrogens (tertiary/aromatic N) is 2. The molecule has 0 radical (unpaired) electrons. The van der Waals surface area contributed by atoms with Gasteiger partial charge in [0.2, 0.25) is 5.82 Å². The molecule has 3 aromatic rings. The molecule has 0 aliphatic rings. The van der Waals surface area contributed by atoms with E-state index in [2.05, 4.69) is 15.3 Å². The highest BCUT2D eigenvalue weighted by Gasteiger charge is 2.35. The van der Waals surface area contributed by atoms with Crippen LogP contribution < -0.4 is 5.32 Å². The number of alkyl halides is 3. The number of nitrogens with one attached hydrogen (secondary N) is 1. The molecule has 112 valence electrons. The molecule has 1 aromatic heterocycles. The summed E-state index contributed by atoms with van der Waals surface area (Å²) in [6.45, 7) is 0. The van der Waals surface area contributed by atoms with Gasteiger partial charge in [-0.2, -0.15) is 13.2 Å². The number of fused-ring (bicyclic) bond motifs is 1. The topological polar surface area (TPSA) is 37.8 Å². The molecule has 0 bridgehead atoms. The Balaban J connectivity index is 2.14. The molecule has 3 rings (SSSR count). The molecule has 1 heterocycles. The lowest BCUT2D eigenvalue weighted by Crippen LogP contribution is -2.12. The van der Waals surface area contributed by atoms with Gasteiger partial charge in [-0.25, -0.2) is 14.4 Å². The Bertz CT molecular complexity index is 830. The molecule has 0 aliphatic heterocycles. The summed E-state index contributed by atoms with van der Waals surface area (Å²) in [5.41, 5.74) is 0.459. The van der Waals surface area contributed by atoms with Crippen LogP contribution >= 0.6 is 0 Å². The van der Waals surface area contributed by atoms with Crippen molar-refractivity contribution in [1.29, 1.82) is 0 Å². The molecule has 0 aliphatic carbocycles. The van der Waals surface area contributed by atoms with E-state index < -0.39 is 17.8 Å². The minimum Gasteiger partial charge on any atom is -0.340 e. The number of rotatable bonds is 2. The van der Waals surface area contributed by atoms with Crippen LogP contribution in [0.4, 0.5) is 29.1 Å². The smallest absolute Gasteiger partial charge is 0.340 e. The number of para-hydroxylation sites is 1. The lowest BCUT2D eigenvalue weighted by atomic mass is 10.2. The Morgan fingerprint density at radius 3 is 2.41 bits per heavy atom. The molecule has 7 heteroatoms. The van der Waals surface area contributed by atoms with E-state index in [0.717, 1.165) is 0 Å². The van der Waals surface area contributed by atoms with Crippen molar-refractivity contribution in [3.63, 3.8) is 0 Å². The van der Waals surface area contributed by atoms with E-state index in [4.69, 9.17) is 0 Å². The summed E-state index contributed by atoms with van der Waals surface area (Å²) in [5, 5.41) is 3.13. The predicted octanol–water partition coefficient (Wildman–Crippen LogP) is 4.53. The molecule has 0 saturated carbocycles. The normalized spacial score (nSPS) is 11.6. The Hall–Kier alpha value is -2.70. The van der Waals surface area contributed by atoms with Crippen molar-refractivity contribution < 1.29 is 17.6 Å². The van der Waals surface area contributed by atoms with Gasteiger partial charge in [-0.05, 0) is 30.3 Å². The SMILES string of the molecule is Fc1cccc(Nc2nc(C(F)(F)F)nc3ccccc23)c1. The van der Waals surface area contributed by atoms with Gasteiger partial charge in [-0.3, -0.25) is 0 Å². The van der Waals surface area contributed by atoms with Crippen LogP contribution in [0.25, 0.3) is 10.9 Å². The van der Waals surface area contributed by atoms with Crippen molar-refractivity contribution in [3.05, 3.63) is 60.2 Å². The van der Waals surface area contributed by atoms with Gasteiger partial charge in [0, 0.05) is 11.1 Å². The maximum atomic E-state index is 13.2. The minimum atomic E-state index is -4.66. The first-order chi connectivity index (χ1) is 10.4. The third kappa shape index (κ3) is 2.83. The van der Waals surface area contributed by atoms with Crippen LogP contribution in [-0.4, -0.2) is 9.97 Å². The standard InChI is InChI=1S/C15H9F4N3/c16-9-4-3-5-10(8-9)20-13-11-6-1-2-7-12(11)21-14(22-13)15(17,18)19/h1-8H,(H,20,21,22). The molecule has 3 nitrogen and oxygen atoms in total. The highest BCUT2D eigenvalue weighted by molar-refractivity contribution is 5.90. The first kappa shape index (κ1) is 14.2. The second-order valence-corrected chi connectivity index (χ2v) is 4.55. The zero-order chi connectivity index (χ0) is 15.7. The first-order valence-corrected chi connectivity index (χ1v) is 6.30. The number of halogens is 4. The summed E-state index contributed by atoms with van der Waals surface area (Å²) in [6.07, 6.45) is -4.66. The fourth-order valence-electron chi connectivity index (χ4n) is 2.00. The third-order valence-corrected chi connectivity index (χ3v) is 2.94. The molecular formula is C15H9F4N3. The lowest BCUT2D eigenvalue weighted by molar-refractivity contribution is -0.144. The van der Waals surface area contributed by atoms with Gasteiger partial charge in [0.1, 0.15) is 11.6 Å². The molecular weight excluding hydrogens is 298 g/mol. The van der Waals surface area contributed by atoms with Crippen LogP contribution in [0.3, 0.4) is 0 Å². The van der Waals surface area contributed by atoms with E-state index in [-0.39, 0.29) is 11.3 Å². The Morgan fingerprint density at radius 1 is 0.909 bits per heavy atom. The Labute approximate surface area is 122 Å². The zero-order valence-electron chi connectivity index (χ0n) is 11.0. The van der Waals surface area contributed by atoms with Crippen LogP contribution in [0.1, 0.15) is 5.82 Å². The van der Waals surface area contributed by atoms with E-state index >= 15 is 0 Å². The molecule has 22 heavy (non-hydrogen) atoms. The number of aromatic nitrogens is 2. The molecule has 1 N–H and O–H groups in total. The molecule has 0 amide bonds. The van der Waals surface area contributed by atoms with Crippen molar-refractivity contribution in [2.45, 2.75) is 6.18 Å². The van der Waals surface area contributed by atoms with Gasteiger partial charge in [0.25, 0.3) is 0 Å². The largest absolute Gasteiger partial charge is 0.451 e. The highest BCUT2D eigenvalue weighted by atomic mass is 19.4. The van der Waals surface area contributed by atoms with Gasteiger partial charge in [-0.1, -0.05) is 18.2 Å². The predicted molar refractivity (Wildman–Crippen MR) is 74.2 cm³/mol. The molecule has 0 atom stereocenters. The van der Waals surface area contributed by atoms with Crippen molar-refractivity contribution >= 4 is 22.4 Å². The average molecular weight is 307 g/mol. The molecule has 2 aromatic carbocycles. The number of hydrogen-bond donors (Lipinski definition) is 1. The monoisotopic (exact) mass is 307 g/mol. The van der Waals surface area contributed by atoms with Crippen LogP contribution in [0.15, 0.2) is 48.5 Å². The van der Waals surface area contributed by atoms with E-state index in [1.807, 2.05) is 0 Å². The van der Waals surface area contributed by atoms with Crippen molar-refractivity contribution in [1.82, 2.24) is 9.97 Å². The van der Waals surface area contributed by atoms with Crippen molar-refractivity contribution in [3.8, 4) is 0 Å². The lowest BCUT2D eigenvalue weighted by Gasteiger charge is -2.12. The van der Waals surface area contributed by atoms with Crippen LogP contribution in [0.5, 0.6) is 0 Å². The fraction of sp³-hybridized carbons (Fsp3) is 0.0667. The van der Waals surface area contributed by atoms with Crippen molar-refractivity contribution in [2.75, 3.05) is 5.32 Å². The highest BCUT2D eigenvalue weighted by Crippen LogP contribution is 2.31. The van der Waals surface area contributed by atoms with Crippen molar-refractivity contribution in [2.24, 2.45) is 0 Å². The van der Waals surface area contributed by atoms with Crippen LogP contribution in [0, 0.1) is 5.82 Å². The van der Waals surface area contributed by atoms with Gasteiger partial charge >= 0.3 is 6.18 Å². The van der Waals surface area contributed by atoms with E-state index in [1.54, 1.807) is 18.2 Å². The molecule has 0 fully saturated rings. The van der Waals surface area contributed by atoms with Gasteiger partial charge < -0.3 is 5.32 Å². The van der Waals surface area contributed by atoms with Crippen LogP contribution in [0.2, 0.25) is 0 Å².